The van der Waals surface area contributed by atoms with Gasteiger partial charge in [-0.2, -0.15) is 0 Å². The Morgan fingerprint density at radius 2 is 1.67 bits per heavy atom. The molecule has 0 bridgehead atoms. The van der Waals surface area contributed by atoms with E-state index in [1.165, 1.54) is 19.2 Å². The van der Waals surface area contributed by atoms with Crippen molar-refractivity contribution in [3.63, 3.8) is 0 Å². The minimum Gasteiger partial charge on any atom is -0.357 e. The molecule has 5 nitrogen and oxygen atoms in total. The zero-order valence-corrected chi connectivity index (χ0v) is 10.5. The second-order valence-corrected chi connectivity index (χ2v) is 4.95. The normalized spacial score (nSPS) is 19.6. The second-order valence-electron chi connectivity index (χ2n) is 4.95. The Bertz CT molecular complexity index is 436. The third-order valence-corrected chi connectivity index (χ3v) is 3.70. The van der Waals surface area contributed by atoms with E-state index in [1.54, 1.807) is 0 Å². The first-order valence-corrected chi connectivity index (χ1v) is 6.71. The van der Waals surface area contributed by atoms with Gasteiger partial charge >= 0.3 is 0 Å². The number of hydrogen-bond acceptors (Lipinski definition) is 4. The second kappa shape index (κ2) is 4.92. The van der Waals surface area contributed by atoms with Crippen LogP contribution in [0.2, 0.25) is 0 Å². The van der Waals surface area contributed by atoms with Gasteiger partial charge < -0.3 is 9.80 Å². The number of carbonyl (C=O) groups excluding carboxylic acids is 1. The molecule has 2 saturated heterocycles. The predicted molar refractivity (Wildman–Crippen MR) is 68.6 cm³/mol. The van der Waals surface area contributed by atoms with Gasteiger partial charge in [0.05, 0.1) is 0 Å². The molecule has 1 aromatic rings. The first kappa shape index (κ1) is 11.4. The standard InChI is InChI=1S/C13H18N4O/c18-13(17-7-3-4-8-17)11-9-12(15-10-14-11)16-5-1-2-6-16/h9-10H,1-8H2. The molecule has 0 aliphatic carbocycles. The predicted octanol–water partition coefficient (Wildman–Crippen LogP) is 1.31. The lowest BCUT2D eigenvalue weighted by Gasteiger charge is -2.18. The monoisotopic (exact) mass is 246 g/mol. The van der Waals surface area contributed by atoms with E-state index in [9.17, 15) is 4.79 Å². The molecule has 2 aliphatic heterocycles. The molecule has 0 radical (unpaired) electrons. The number of carbonyl (C=O) groups is 1. The Kier molecular flexibility index (Phi) is 3.13. The molecule has 0 aromatic carbocycles. The van der Waals surface area contributed by atoms with E-state index in [4.69, 9.17) is 0 Å². The van der Waals surface area contributed by atoms with Crippen LogP contribution in [0.4, 0.5) is 5.82 Å². The smallest absolute Gasteiger partial charge is 0.272 e. The lowest BCUT2D eigenvalue weighted by Crippen LogP contribution is -2.29. The van der Waals surface area contributed by atoms with Crippen molar-refractivity contribution in [2.75, 3.05) is 31.1 Å². The molecule has 0 unspecified atom stereocenters. The van der Waals surface area contributed by atoms with Gasteiger partial charge in [-0.1, -0.05) is 0 Å². The molecule has 0 saturated carbocycles. The van der Waals surface area contributed by atoms with Gasteiger partial charge in [-0.3, -0.25) is 4.79 Å². The summed E-state index contributed by atoms with van der Waals surface area (Å²) in [6, 6.07) is 1.84. The van der Waals surface area contributed by atoms with Gasteiger partial charge in [0.2, 0.25) is 0 Å². The molecule has 18 heavy (non-hydrogen) atoms. The summed E-state index contributed by atoms with van der Waals surface area (Å²) >= 11 is 0. The lowest BCUT2D eigenvalue weighted by atomic mass is 10.3. The van der Waals surface area contributed by atoms with E-state index >= 15 is 0 Å². The van der Waals surface area contributed by atoms with Crippen LogP contribution >= 0.6 is 0 Å². The lowest BCUT2D eigenvalue weighted by molar-refractivity contribution is 0.0787. The van der Waals surface area contributed by atoms with E-state index in [0.717, 1.165) is 44.8 Å². The third kappa shape index (κ3) is 2.17. The van der Waals surface area contributed by atoms with Crippen LogP contribution in [0, 0.1) is 0 Å². The number of hydrogen-bond donors (Lipinski definition) is 0. The molecule has 0 atom stereocenters. The van der Waals surface area contributed by atoms with E-state index in [0.29, 0.717) is 5.69 Å². The highest BCUT2D eigenvalue weighted by molar-refractivity contribution is 5.93. The number of likely N-dealkylation sites (tertiary alicyclic amines) is 1. The van der Waals surface area contributed by atoms with Crippen molar-refractivity contribution in [2.45, 2.75) is 25.7 Å². The maximum absolute atomic E-state index is 12.2. The average Bonchev–Trinajstić information content (AvgIpc) is 3.11. The van der Waals surface area contributed by atoms with Crippen LogP contribution in [0.1, 0.15) is 36.2 Å². The molecular weight excluding hydrogens is 228 g/mol. The van der Waals surface area contributed by atoms with Crippen molar-refractivity contribution in [2.24, 2.45) is 0 Å². The zero-order chi connectivity index (χ0) is 12.4. The summed E-state index contributed by atoms with van der Waals surface area (Å²) in [5, 5.41) is 0. The number of nitrogens with zero attached hydrogens (tertiary/aromatic N) is 4. The molecular formula is C13H18N4O. The molecule has 2 aliphatic rings. The first-order valence-electron chi connectivity index (χ1n) is 6.71. The van der Waals surface area contributed by atoms with Crippen molar-refractivity contribution >= 4 is 11.7 Å². The van der Waals surface area contributed by atoms with E-state index in [1.807, 2.05) is 11.0 Å². The maximum Gasteiger partial charge on any atom is 0.272 e. The summed E-state index contributed by atoms with van der Waals surface area (Å²) in [5.74, 6) is 0.945. The average molecular weight is 246 g/mol. The first-order chi connectivity index (χ1) is 8.84. The van der Waals surface area contributed by atoms with E-state index in [2.05, 4.69) is 14.9 Å². The van der Waals surface area contributed by atoms with Gasteiger partial charge in [0.1, 0.15) is 17.8 Å². The van der Waals surface area contributed by atoms with Crippen LogP contribution in [-0.4, -0.2) is 47.0 Å². The molecule has 0 spiro atoms. The maximum atomic E-state index is 12.2. The SMILES string of the molecule is O=C(c1cc(N2CCCC2)ncn1)N1CCCC1. The van der Waals surface area contributed by atoms with Gasteiger partial charge in [0.15, 0.2) is 0 Å². The summed E-state index contributed by atoms with van der Waals surface area (Å²) in [4.78, 5) is 24.7. The largest absolute Gasteiger partial charge is 0.357 e. The van der Waals surface area contributed by atoms with Crippen LogP contribution in [0.15, 0.2) is 12.4 Å². The van der Waals surface area contributed by atoms with Gasteiger partial charge in [-0.05, 0) is 25.7 Å². The number of rotatable bonds is 2. The summed E-state index contributed by atoms with van der Waals surface area (Å²) in [7, 11) is 0. The van der Waals surface area contributed by atoms with Crippen molar-refractivity contribution in [1.29, 1.82) is 0 Å². The van der Waals surface area contributed by atoms with Crippen LogP contribution in [0.5, 0.6) is 0 Å². The number of aromatic nitrogens is 2. The Balaban J connectivity index is 1.79. The highest BCUT2D eigenvalue weighted by Crippen LogP contribution is 2.19. The van der Waals surface area contributed by atoms with Crippen LogP contribution in [0.25, 0.3) is 0 Å². The zero-order valence-electron chi connectivity index (χ0n) is 10.5. The molecule has 2 fully saturated rings. The van der Waals surface area contributed by atoms with Gasteiger partial charge in [0, 0.05) is 32.2 Å². The van der Waals surface area contributed by atoms with Crippen molar-refractivity contribution in [3.8, 4) is 0 Å². The van der Waals surface area contributed by atoms with Gasteiger partial charge in [-0.15, -0.1) is 0 Å². The molecule has 1 amide bonds. The molecule has 0 N–H and O–H groups in total. The minimum absolute atomic E-state index is 0.0512. The number of amides is 1. The minimum atomic E-state index is 0.0512. The van der Waals surface area contributed by atoms with Gasteiger partial charge in [-0.25, -0.2) is 9.97 Å². The molecule has 3 rings (SSSR count). The fourth-order valence-corrected chi connectivity index (χ4v) is 2.67. The van der Waals surface area contributed by atoms with Crippen molar-refractivity contribution in [1.82, 2.24) is 14.9 Å². The Hall–Kier alpha value is -1.65. The summed E-state index contributed by atoms with van der Waals surface area (Å²) in [6.45, 7) is 3.80. The fraction of sp³-hybridized carbons (Fsp3) is 0.615. The van der Waals surface area contributed by atoms with Crippen LogP contribution in [-0.2, 0) is 0 Å². The highest BCUT2D eigenvalue weighted by atomic mass is 16.2. The van der Waals surface area contributed by atoms with E-state index in [-0.39, 0.29) is 5.91 Å². The summed E-state index contributed by atoms with van der Waals surface area (Å²) in [5.41, 5.74) is 0.536. The van der Waals surface area contributed by atoms with E-state index < -0.39 is 0 Å². The Labute approximate surface area is 107 Å². The Morgan fingerprint density at radius 3 is 2.39 bits per heavy atom. The molecule has 5 heteroatoms. The fourth-order valence-electron chi connectivity index (χ4n) is 2.67. The highest BCUT2D eigenvalue weighted by Gasteiger charge is 2.22. The van der Waals surface area contributed by atoms with Crippen LogP contribution in [0.3, 0.4) is 0 Å². The third-order valence-electron chi connectivity index (χ3n) is 3.70. The molecule has 1 aromatic heterocycles. The number of anilines is 1. The topological polar surface area (TPSA) is 49.3 Å². The van der Waals surface area contributed by atoms with Crippen LogP contribution < -0.4 is 4.90 Å². The quantitative estimate of drug-likeness (QED) is 0.789. The van der Waals surface area contributed by atoms with Crippen molar-refractivity contribution in [3.05, 3.63) is 18.1 Å². The Morgan fingerprint density at radius 1 is 1.00 bits per heavy atom. The van der Waals surface area contributed by atoms with Crippen molar-refractivity contribution < 1.29 is 4.79 Å². The summed E-state index contributed by atoms with van der Waals surface area (Å²) in [6.07, 6.45) is 6.14. The molecule has 96 valence electrons. The molecule has 3 heterocycles. The van der Waals surface area contributed by atoms with Gasteiger partial charge in [0.25, 0.3) is 5.91 Å². The summed E-state index contributed by atoms with van der Waals surface area (Å²) < 4.78 is 0.